The van der Waals surface area contributed by atoms with E-state index in [0.29, 0.717) is 48.1 Å². The van der Waals surface area contributed by atoms with E-state index in [9.17, 15) is 59.4 Å². The van der Waals surface area contributed by atoms with Gasteiger partial charge in [-0.25, -0.2) is 43.5 Å². The number of aliphatic carboxylic acids is 3. The highest BCUT2D eigenvalue weighted by atomic mass is 16.4. The molecule has 13 rings (SSSR count). The number of nitrogens with zero attached hydrogens (tertiary/aromatic N) is 3. The van der Waals surface area contributed by atoms with Gasteiger partial charge in [-0.05, 0) is 141 Å². The van der Waals surface area contributed by atoms with Crippen LogP contribution in [0, 0.1) is 0 Å². The van der Waals surface area contributed by atoms with Crippen LogP contribution in [0.2, 0.25) is 0 Å². The molecule has 3 aliphatic rings. The Kier molecular flexibility index (Phi) is 14.0. The van der Waals surface area contributed by atoms with Gasteiger partial charge in [-0.3, -0.25) is 28.8 Å². The van der Waals surface area contributed by atoms with Gasteiger partial charge in [0, 0.05) is 83.9 Å². The summed E-state index contributed by atoms with van der Waals surface area (Å²) in [5, 5.41) is 59.1. The molecule has 0 saturated heterocycles. The first-order valence-electron chi connectivity index (χ1n) is 27.9. The molecule has 0 radical (unpaired) electrons. The molecular weight excluding hydrogens is 1190 g/mol. The van der Waals surface area contributed by atoms with Crippen LogP contribution >= 0.6 is 0 Å². The molecule has 21 heteroatoms. The SMILES string of the molecule is O=C(O)/C=C/c1ccc(-c2ccc3c4c(ccc(C(=O)O)c24)C(=O)N(c2cc(N4C(=O)c5ccc(C(=O)O)c6c(-c7ccc(/C=C/C(=O)O)cc7)ccc(c56)C4=O)cc(N4C(=O)c5ccc(C(=O)O)c6c(-c7ccc(/C=C/C(=O)O)cc7)ccc(c56)C4=O)c2)C3=O)cc1. The van der Waals surface area contributed by atoms with E-state index in [-0.39, 0.29) is 99.1 Å². The monoisotopic (exact) mass is 1230 g/mol. The molecule has 10 aromatic carbocycles. The maximum Gasteiger partial charge on any atom is 0.336 e. The van der Waals surface area contributed by atoms with Gasteiger partial charge in [-0.2, -0.15) is 0 Å². The minimum absolute atomic E-state index is 0.0185. The number of hydrogen-bond donors (Lipinski definition) is 6. The predicted octanol–water partition coefficient (Wildman–Crippen LogP) is 11.9. The number of rotatable bonds is 15. The second-order valence-electron chi connectivity index (χ2n) is 21.6. The lowest BCUT2D eigenvalue weighted by Crippen LogP contribution is -2.43. The molecule has 450 valence electrons. The number of benzene rings is 10. The van der Waals surface area contributed by atoms with Crippen LogP contribution < -0.4 is 14.7 Å². The first-order chi connectivity index (χ1) is 44.6. The summed E-state index contributed by atoms with van der Waals surface area (Å²) in [4.78, 5) is 167. The molecule has 0 saturated carbocycles. The minimum Gasteiger partial charge on any atom is -0.478 e. The first-order valence-corrected chi connectivity index (χ1v) is 27.9. The highest BCUT2D eigenvalue weighted by Crippen LogP contribution is 2.47. The summed E-state index contributed by atoms with van der Waals surface area (Å²) < 4.78 is 0. The Morgan fingerprint density at radius 2 is 0.462 bits per heavy atom. The molecule has 6 amide bonds. The van der Waals surface area contributed by atoms with Crippen LogP contribution in [-0.4, -0.2) is 102 Å². The third kappa shape index (κ3) is 9.69. The molecule has 10 aromatic rings. The Hall–Kier alpha value is -13.6. The van der Waals surface area contributed by atoms with Crippen molar-refractivity contribution in [2.45, 2.75) is 0 Å². The predicted molar refractivity (Wildman–Crippen MR) is 339 cm³/mol. The van der Waals surface area contributed by atoms with Crippen LogP contribution in [0.25, 0.3) is 83.9 Å². The lowest BCUT2D eigenvalue weighted by atomic mass is 9.85. The fraction of sp³-hybridized carbons (Fsp3) is 0. The number of carboxylic acid groups (broad SMARTS) is 6. The topological polar surface area (TPSA) is 336 Å². The number of anilines is 3. The second-order valence-corrected chi connectivity index (χ2v) is 21.6. The summed E-state index contributed by atoms with van der Waals surface area (Å²) in [7, 11) is 0. The van der Waals surface area contributed by atoms with E-state index in [0.717, 1.165) is 36.4 Å². The fourth-order valence-electron chi connectivity index (χ4n) is 12.3. The Labute approximate surface area is 521 Å². The van der Waals surface area contributed by atoms with Gasteiger partial charge >= 0.3 is 35.8 Å². The van der Waals surface area contributed by atoms with Crippen molar-refractivity contribution in [2.24, 2.45) is 0 Å². The summed E-state index contributed by atoms with van der Waals surface area (Å²) in [6, 6.07) is 37.9. The van der Waals surface area contributed by atoms with Crippen molar-refractivity contribution < 1.29 is 88.2 Å². The maximum atomic E-state index is 15.4. The number of imide groups is 3. The Morgan fingerprint density at radius 1 is 0.258 bits per heavy atom. The zero-order chi connectivity index (χ0) is 65.6. The van der Waals surface area contributed by atoms with E-state index in [1.165, 1.54) is 91.0 Å². The molecule has 0 fully saturated rings. The van der Waals surface area contributed by atoms with Crippen molar-refractivity contribution in [3.8, 4) is 33.4 Å². The van der Waals surface area contributed by atoms with E-state index in [1.807, 2.05) is 0 Å². The van der Waals surface area contributed by atoms with Gasteiger partial charge in [-0.15, -0.1) is 0 Å². The Bertz CT molecular complexity index is 4690. The van der Waals surface area contributed by atoms with Crippen molar-refractivity contribution in [1.29, 1.82) is 0 Å². The highest BCUT2D eigenvalue weighted by Gasteiger charge is 2.42. The van der Waals surface area contributed by atoms with E-state index >= 15 is 28.8 Å². The third-order valence-electron chi connectivity index (χ3n) is 16.4. The largest absolute Gasteiger partial charge is 0.478 e. The van der Waals surface area contributed by atoms with Crippen LogP contribution in [0.15, 0.2) is 182 Å². The lowest BCUT2D eigenvalue weighted by molar-refractivity contribution is -0.132. The lowest BCUT2D eigenvalue weighted by Gasteiger charge is -2.33. The molecule has 0 aliphatic carbocycles. The van der Waals surface area contributed by atoms with Gasteiger partial charge in [0.15, 0.2) is 0 Å². The zero-order valence-corrected chi connectivity index (χ0v) is 47.5. The Morgan fingerprint density at radius 3 is 0.667 bits per heavy atom. The zero-order valence-electron chi connectivity index (χ0n) is 47.5. The number of hydrogen-bond acceptors (Lipinski definition) is 12. The maximum absolute atomic E-state index is 15.4. The molecular formula is C72H39N3O18. The van der Waals surface area contributed by atoms with Crippen molar-refractivity contribution in [2.75, 3.05) is 14.7 Å². The smallest absolute Gasteiger partial charge is 0.336 e. The van der Waals surface area contributed by atoms with Crippen LogP contribution in [-0.2, 0) is 14.4 Å². The number of carbonyl (C=O) groups excluding carboxylic acids is 6. The summed E-state index contributed by atoms with van der Waals surface area (Å²) in [5.41, 5.74) is 0.0903. The number of carboxylic acids is 6. The van der Waals surface area contributed by atoms with Crippen molar-refractivity contribution in [3.63, 3.8) is 0 Å². The standard InChI is InChI=1S/C72H39N3O18/c76-55(77)28-7-34-1-10-37(11-2-34)43-16-19-46-61-49(22-25-52(58(43)61)70(88)89)67(85)73(64(46)82)40-31-41(74-65(83)47-20-17-44(38-12-3-35(4-13-38)8-29-56(78)79)59-53(71(90)91)26-23-50(62(47)59)68(74)86)33-42(32-40)75-66(84)48-21-18-45(39-14-5-36(6-15-39)9-30-57(80)81)60-54(72(92)93)27-24-51(63(48)60)69(75)87/h1-33H,(H,76,77)(H,78,79)(H,80,81)(H,88,89)(H,90,91)(H,92,93)/b28-7+,29-8+,30-9+. The molecule has 3 heterocycles. The van der Waals surface area contributed by atoms with Gasteiger partial charge < -0.3 is 30.6 Å². The molecule has 0 unspecified atom stereocenters. The average molecular weight is 1230 g/mol. The van der Waals surface area contributed by atoms with E-state index in [1.54, 1.807) is 72.8 Å². The first kappa shape index (κ1) is 58.5. The highest BCUT2D eigenvalue weighted by molar-refractivity contribution is 6.42. The van der Waals surface area contributed by atoms with Gasteiger partial charge in [0.25, 0.3) is 35.4 Å². The number of carbonyl (C=O) groups is 12. The van der Waals surface area contributed by atoms with Gasteiger partial charge in [-0.1, -0.05) is 91.0 Å². The normalized spacial score (nSPS) is 13.6. The number of amides is 6. The summed E-state index contributed by atoms with van der Waals surface area (Å²) in [6.07, 6.45) is 6.82. The van der Waals surface area contributed by atoms with Crippen LogP contribution in [0.5, 0.6) is 0 Å². The van der Waals surface area contributed by atoms with E-state index in [2.05, 4.69) is 0 Å². The molecule has 0 bridgehead atoms. The second kappa shape index (κ2) is 22.2. The minimum atomic E-state index is -1.42. The quantitative estimate of drug-likeness (QED) is 0.0410. The summed E-state index contributed by atoms with van der Waals surface area (Å²) >= 11 is 0. The van der Waals surface area contributed by atoms with Gasteiger partial charge in [0.2, 0.25) is 0 Å². The molecule has 3 aliphatic heterocycles. The van der Waals surface area contributed by atoms with Crippen LogP contribution in [0.1, 0.15) is 110 Å². The molecule has 0 aromatic heterocycles. The average Bonchev–Trinajstić information content (AvgIpc) is 0.729. The molecule has 6 N–H and O–H groups in total. The summed E-state index contributed by atoms with van der Waals surface area (Å²) in [5.74, 6) is -14.3. The van der Waals surface area contributed by atoms with Gasteiger partial charge in [0.05, 0.1) is 33.8 Å². The van der Waals surface area contributed by atoms with Crippen LogP contribution in [0.4, 0.5) is 17.1 Å². The van der Waals surface area contributed by atoms with E-state index < -0.39 is 88.3 Å². The summed E-state index contributed by atoms with van der Waals surface area (Å²) in [6.45, 7) is 0. The fourth-order valence-corrected chi connectivity index (χ4v) is 12.3. The number of aromatic carboxylic acids is 3. The molecule has 21 nitrogen and oxygen atoms in total. The molecule has 0 spiro atoms. The Balaban J connectivity index is 0.986. The third-order valence-corrected chi connectivity index (χ3v) is 16.4. The van der Waals surface area contributed by atoms with Crippen LogP contribution in [0.3, 0.4) is 0 Å². The molecule has 93 heavy (non-hydrogen) atoms. The van der Waals surface area contributed by atoms with Gasteiger partial charge in [0.1, 0.15) is 0 Å². The van der Waals surface area contributed by atoms with E-state index in [4.69, 9.17) is 0 Å². The van der Waals surface area contributed by atoms with Crippen molar-refractivity contribution >= 4 is 139 Å². The van der Waals surface area contributed by atoms with Crippen molar-refractivity contribution in [3.05, 3.63) is 249 Å². The molecule has 0 atom stereocenters. The van der Waals surface area contributed by atoms with Crippen molar-refractivity contribution in [1.82, 2.24) is 0 Å².